The van der Waals surface area contributed by atoms with Gasteiger partial charge < -0.3 is 4.90 Å². The standard InChI is InChI=1S/C15H19N3O/c1-15(2,13-7-5-4-6-8-13)14(19)18(3)11-12-9-16-17-10-12/h4-10H,11H2,1-3H3,(H,16,17). The maximum absolute atomic E-state index is 12.6. The van der Waals surface area contributed by atoms with Crippen LogP contribution in [0.15, 0.2) is 42.7 Å². The second-order valence-electron chi connectivity index (χ2n) is 5.26. The third-order valence-electron chi connectivity index (χ3n) is 3.35. The number of amides is 1. The number of hydrogen-bond donors (Lipinski definition) is 1. The number of hydrogen-bond acceptors (Lipinski definition) is 2. The summed E-state index contributed by atoms with van der Waals surface area (Å²) in [5.74, 6) is 0.0971. The summed E-state index contributed by atoms with van der Waals surface area (Å²) in [5, 5.41) is 6.65. The van der Waals surface area contributed by atoms with Crippen molar-refractivity contribution in [3.05, 3.63) is 53.9 Å². The molecule has 4 heteroatoms. The van der Waals surface area contributed by atoms with Crippen LogP contribution in [0, 0.1) is 0 Å². The van der Waals surface area contributed by atoms with Crippen LogP contribution in [0.4, 0.5) is 0 Å². The fraction of sp³-hybridized carbons (Fsp3) is 0.333. The van der Waals surface area contributed by atoms with Crippen LogP contribution in [0.25, 0.3) is 0 Å². The van der Waals surface area contributed by atoms with Gasteiger partial charge in [0.2, 0.25) is 5.91 Å². The SMILES string of the molecule is CN(Cc1cn[nH]c1)C(=O)C(C)(C)c1ccccc1. The minimum absolute atomic E-state index is 0.0971. The third-order valence-corrected chi connectivity index (χ3v) is 3.35. The number of H-pyrrole nitrogens is 1. The highest BCUT2D eigenvalue weighted by Crippen LogP contribution is 2.25. The highest BCUT2D eigenvalue weighted by atomic mass is 16.2. The van der Waals surface area contributed by atoms with Gasteiger partial charge in [-0.25, -0.2) is 0 Å². The minimum Gasteiger partial charge on any atom is -0.341 e. The first-order valence-electron chi connectivity index (χ1n) is 6.30. The van der Waals surface area contributed by atoms with Crippen LogP contribution >= 0.6 is 0 Å². The largest absolute Gasteiger partial charge is 0.341 e. The predicted molar refractivity (Wildman–Crippen MR) is 74.5 cm³/mol. The zero-order chi connectivity index (χ0) is 13.9. The molecule has 0 spiro atoms. The highest BCUT2D eigenvalue weighted by Gasteiger charge is 2.32. The molecular formula is C15H19N3O. The number of carbonyl (C=O) groups excluding carboxylic acids is 1. The summed E-state index contributed by atoms with van der Waals surface area (Å²) < 4.78 is 0. The minimum atomic E-state index is -0.528. The summed E-state index contributed by atoms with van der Waals surface area (Å²) in [4.78, 5) is 14.3. The number of aromatic amines is 1. The number of aromatic nitrogens is 2. The zero-order valence-corrected chi connectivity index (χ0v) is 11.6. The number of rotatable bonds is 4. The van der Waals surface area contributed by atoms with Gasteiger partial charge in [-0.05, 0) is 19.4 Å². The Hall–Kier alpha value is -2.10. The molecule has 0 saturated carbocycles. The summed E-state index contributed by atoms with van der Waals surface area (Å²) in [6.45, 7) is 4.47. The van der Waals surface area contributed by atoms with Crippen molar-refractivity contribution in [3.8, 4) is 0 Å². The summed E-state index contributed by atoms with van der Waals surface area (Å²) in [7, 11) is 1.82. The molecule has 1 amide bonds. The van der Waals surface area contributed by atoms with Crippen molar-refractivity contribution in [1.82, 2.24) is 15.1 Å². The Bertz CT molecular complexity index is 532. The van der Waals surface area contributed by atoms with Gasteiger partial charge in [-0.3, -0.25) is 9.89 Å². The molecule has 0 atom stereocenters. The van der Waals surface area contributed by atoms with Gasteiger partial charge in [-0.2, -0.15) is 5.10 Å². The maximum Gasteiger partial charge on any atom is 0.232 e. The molecule has 0 radical (unpaired) electrons. The molecule has 1 aromatic heterocycles. The van der Waals surface area contributed by atoms with E-state index in [1.807, 2.05) is 51.2 Å². The van der Waals surface area contributed by atoms with E-state index in [-0.39, 0.29) is 5.91 Å². The van der Waals surface area contributed by atoms with Gasteiger partial charge in [0.1, 0.15) is 0 Å². The fourth-order valence-corrected chi connectivity index (χ4v) is 2.17. The van der Waals surface area contributed by atoms with Crippen molar-refractivity contribution < 1.29 is 4.79 Å². The molecule has 1 N–H and O–H groups in total. The molecule has 4 nitrogen and oxygen atoms in total. The summed E-state index contributed by atoms with van der Waals surface area (Å²) in [6.07, 6.45) is 3.54. The van der Waals surface area contributed by atoms with Gasteiger partial charge in [0, 0.05) is 25.4 Å². The van der Waals surface area contributed by atoms with E-state index in [2.05, 4.69) is 10.2 Å². The predicted octanol–water partition coefficient (Wildman–Crippen LogP) is 2.35. The van der Waals surface area contributed by atoms with Gasteiger partial charge in [0.25, 0.3) is 0 Å². The molecule has 19 heavy (non-hydrogen) atoms. The third kappa shape index (κ3) is 2.84. The lowest BCUT2D eigenvalue weighted by Crippen LogP contribution is -2.40. The van der Waals surface area contributed by atoms with E-state index in [9.17, 15) is 4.79 Å². The molecule has 2 rings (SSSR count). The van der Waals surface area contributed by atoms with Crippen molar-refractivity contribution in [2.45, 2.75) is 25.8 Å². The van der Waals surface area contributed by atoms with Gasteiger partial charge in [0.05, 0.1) is 11.6 Å². The van der Waals surface area contributed by atoms with E-state index in [0.717, 1.165) is 11.1 Å². The topological polar surface area (TPSA) is 49.0 Å². The van der Waals surface area contributed by atoms with E-state index >= 15 is 0 Å². The normalized spacial score (nSPS) is 11.3. The molecule has 100 valence electrons. The second-order valence-corrected chi connectivity index (χ2v) is 5.26. The quantitative estimate of drug-likeness (QED) is 0.914. The molecule has 0 fully saturated rings. The first-order chi connectivity index (χ1) is 9.01. The van der Waals surface area contributed by atoms with Gasteiger partial charge >= 0.3 is 0 Å². The van der Waals surface area contributed by atoms with Crippen LogP contribution in [0.1, 0.15) is 25.0 Å². The molecule has 0 bridgehead atoms. The van der Waals surface area contributed by atoms with Crippen LogP contribution in [0.3, 0.4) is 0 Å². The van der Waals surface area contributed by atoms with Crippen molar-refractivity contribution in [1.29, 1.82) is 0 Å². The Morgan fingerprint density at radius 2 is 2.00 bits per heavy atom. The first kappa shape index (κ1) is 13.3. The van der Waals surface area contributed by atoms with Crippen LogP contribution < -0.4 is 0 Å². The van der Waals surface area contributed by atoms with Crippen LogP contribution in [-0.2, 0) is 16.8 Å². The lowest BCUT2D eigenvalue weighted by Gasteiger charge is -2.29. The molecule has 0 unspecified atom stereocenters. The second kappa shape index (κ2) is 5.26. The average molecular weight is 257 g/mol. The summed E-state index contributed by atoms with van der Waals surface area (Å²) >= 11 is 0. The van der Waals surface area contributed by atoms with E-state index in [4.69, 9.17) is 0 Å². The first-order valence-corrected chi connectivity index (χ1v) is 6.30. The number of likely N-dealkylation sites (N-methyl/N-ethyl adjacent to an activating group) is 1. The molecule has 2 aromatic rings. The lowest BCUT2D eigenvalue weighted by atomic mass is 9.83. The van der Waals surface area contributed by atoms with Gasteiger partial charge in [-0.15, -0.1) is 0 Å². The zero-order valence-electron chi connectivity index (χ0n) is 11.6. The Morgan fingerprint density at radius 1 is 1.32 bits per heavy atom. The number of nitrogens with one attached hydrogen (secondary N) is 1. The van der Waals surface area contributed by atoms with E-state index < -0.39 is 5.41 Å². The molecule has 0 aliphatic heterocycles. The van der Waals surface area contributed by atoms with Crippen molar-refractivity contribution >= 4 is 5.91 Å². The summed E-state index contributed by atoms with van der Waals surface area (Å²) in [5.41, 5.74) is 1.50. The maximum atomic E-state index is 12.6. The smallest absolute Gasteiger partial charge is 0.232 e. The molecule has 0 saturated heterocycles. The van der Waals surface area contributed by atoms with E-state index in [1.165, 1.54) is 0 Å². The van der Waals surface area contributed by atoms with Crippen molar-refractivity contribution in [3.63, 3.8) is 0 Å². The molecule has 1 aromatic carbocycles. The Morgan fingerprint density at radius 3 is 2.58 bits per heavy atom. The Labute approximate surface area is 113 Å². The summed E-state index contributed by atoms with van der Waals surface area (Å²) in [6, 6.07) is 9.85. The molecule has 1 heterocycles. The van der Waals surface area contributed by atoms with E-state index in [1.54, 1.807) is 17.3 Å². The molecular weight excluding hydrogens is 238 g/mol. The number of benzene rings is 1. The molecule has 0 aliphatic carbocycles. The van der Waals surface area contributed by atoms with Gasteiger partial charge in [-0.1, -0.05) is 30.3 Å². The monoisotopic (exact) mass is 257 g/mol. The van der Waals surface area contributed by atoms with Crippen LogP contribution in [-0.4, -0.2) is 28.1 Å². The number of carbonyl (C=O) groups is 1. The van der Waals surface area contributed by atoms with Crippen molar-refractivity contribution in [2.24, 2.45) is 0 Å². The van der Waals surface area contributed by atoms with Crippen molar-refractivity contribution in [2.75, 3.05) is 7.05 Å². The Kier molecular flexibility index (Phi) is 3.69. The van der Waals surface area contributed by atoms with Crippen LogP contribution in [0.2, 0.25) is 0 Å². The average Bonchev–Trinajstić information content (AvgIpc) is 2.91. The van der Waals surface area contributed by atoms with Gasteiger partial charge in [0.15, 0.2) is 0 Å². The number of nitrogens with zero attached hydrogens (tertiary/aromatic N) is 2. The van der Waals surface area contributed by atoms with E-state index in [0.29, 0.717) is 6.54 Å². The fourth-order valence-electron chi connectivity index (χ4n) is 2.17. The molecule has 0 aliphatic rings. The van der Waals surface area contributed by atoms with Crippen LogP contribution in [0.5, 0.6) is 0 Å². The Balaban J connectivity index is 2.14. The highest BCUT2D eigenvalue weighted by molar-refractivity contribution is 5.87. The lowest BCUT2D eigenvalue weighted by molar-refractivity contribution is -0.135.